The second kappa shape index (κ2) is 8.42. The minimum atomic E-state index is -4.54. The van der Waals surface area contributed by atoms with Gasteiger partial charge in [-0.25, -0.2) is 9.50 Å². The molecule has 3 rings (SSSR count). The Balaban J connectivity index is 2.05. The first kappa shape index (κ1) is 22.3. The number of nitrogens with zero attached hydrogens (tertiary/aromatic N) is 4. The molecule has 1 N–H and O–H groups in total. The van der Waals surface area contributed by atoms with Crippen molar-refractivity contribution in [2.24, 2.45) is 4.99 Å². The lowest BCUT2D eigenvalue weighted by Crippen LogP contribution is -2.20. The van der Waals surface area contributed by atoms with Crippen LogP contribution in [0.1, 0.15) is 17.3 Å². The van der Waals surface area contributed by atoms with Gasteiger partial charge in [0.15, 0.2) is 12.3 Å². The number of alkyl halides is 3. The fourth-order valence-corrected chi connectivity index (χ4v) is 2.70. The van der Waals surface area contributed by atoms with Gasteiger partial charge >= 0.3 is 6.18 Å². The van der Waals surface area contributed by atoms with Gasteiger partial charge in [0.1, 0.15) is 17.1 Å². The van der Waals surface area contributed by atoms with Crippen LogP contribution in [0.25, 0.3) is 16.9 Å². The Kier molecular flexibility index (Phi) is 6.07. The van der Waals surface area contributed by atoms with E-state index >= 15 is 0 Å². The van der Waals surface area contributed by atoms with E-state index in [1.165, 1.54) is 30.5 Å². The number of aliphatic imine (C=N–C) groups is 1. The predicted octanol–water partition coefficient (Wildman–Crippen LogP) is 3.40. The summed E-state index contributed by atoms with van der Waals surface area (Å²) >= 11 is 5.92. The van der Waals surface area contributed by atoms with Crippen molar-refractivity contribution in [3.63, 3.8) is 0 Å². The maximum absolute atomic E-state index is 12.5. The van der Waals surface area contributed by atoms with Gasteiger partial charge in [0.25, 0.3) is 11.5 Å². The Bertz CT molecular complexity index is 1230. The van der Waals surface area contributed by atoms with Gasteiger partial charge in [-0.15, -0.1) is 0 Å². The first-order valence-electron chi connectivity index (χ1n) is 8.84. The summed E-state index contributed by atoms with van der Waals surface area (Å²) in [5.74, 6) is -0.374. The summed E-state index contributed by atoms with van der Waals surface area (Å²) in [6.45, 7) is 0.124. The zero-order valence-corrected chi connectivity index (χ0v) is 17.4. The van der Waals surface area contributed by atoms with Gasteiger partial charge in [-0.3, -0.25) is 14.7 Å². The van der Waals surface area contributed by atoms with E-state index in [0.29, 0.717) is 5.84 Å². The van der Waals surface area contributed by atoms with Crippen LogP contribution in [0.5, 0.6) is 5.75 Å². The van der Waals surface area contributed by atoms with E-state index in [9.17, 15) is 22.8 Å². The highest BCUT2D eigenvalue weighted by Gasteiger charge is 2.29. The number of carbonyl (C=O) groups is 1. The number of fused-ring (bicyclic) bond motifs is 1. The molecule has 8 nitrogen and oxygen atoms in total. The van der Waals surface area contributed by atoms with E-state index in [0.717, 1.165) is 4.52 Å². The Morgan fingerprint density at radius 1 is 1.32 bits per heavy atom. The van der Waals surface area contributed by atoms with E-state index in [4.69, 9.17) is 16.3 Å². The van der Waals surface area contributed by atoms with E-state index in [1.807, 2.05) is 0 Å². The number of benzene rings is 1. The molecule has 0 aliphatic carbocycles. The summed E-state index contributed by atoms with van der Waals surface area (Å²) in [6.07, 6.45) is -3.23. The number of aromatic amines is 1. The van der Waals surface area contributed by atoms with Crippen molar-refractivity contribution in [3.8, 4) is 17.0 Å². The number of amides is 1. The normalized spacial score (nSPS) is 12.3. The van der Waals surface area contributed by atoms with Crippen LogP contribution >= 0.6 is 11.6 Å². The number of carbonyl (C=O) groups excluding carboxylic acids is 1. The third-order valence-electron chi connectivity index (χ3n) is 4.26. The van der Waals surface area contributed by atoms with Crippen molar-refractivity contribution in [1.82, 2.24) is 19.5 Å². The van der Waals surface area contributed by atoms with Gasteiger partial charge in [0, 0.05) is 31.9 Å². The molecule has 31 heavy (non-hydrogen) atoms. The zero-order chi connectivity index (χ0) is 22.9. The van der Waals surface area contributed by atoms with Crippen LogP contribution in [0.15, 0.2) is 40.2 Å². The van der Waals surface area contributed by atoms with Crippen LogP contribution in [0.4, 0.5) is 13.2 Å². The Morgan fingerprint density at radius 3 is 2.68 bits per heavy atom. The number of halogens is 4. The summed E-state index contributed by atoms with van der Waals surface area (Å²) in [5.41, 5.74) is -0.0347. The molecule has 0 bridgehead atoms. The molecule has 0 fully saturated rings. The molecule has 0 saturated carbocycles. The maximum Gasteiger partial charge on any atom is 0.422 e. The van der Waals surface area contributed by atoms with Gasteiger partial charge in [0.2, 0.25) is 0 Å². The molecule has 2 aromatic heterocycles. The number of nitrogens with one attached hydrogen (secondary N) is 1. The third-order valence-corrected chi connectivity index (χ3v) is 4.57. The molecule has 12 heteroatoms. The van der Waals surface area contributed by atoms with Crippen LogP contribution in [0.3, 0.4) is 0 Å². The number of H-pyrrole nitrogens is 1. The van der Waals surface area contributed by atoms with Gasteiger partial charge in [-0.2, -0.15) is 18.2 Å². The highest BCUT2D eigenvalue weighted by molar-refractivity contribution is 6.32. The van der Waals surface area contributed by atoms with Gasteiger partial charge < -0.3 is 9.64 Å². The molecular formula is C19H17ClF3N5O3. The molecule has 0 unspecified atom stereocenters. The molecule has 0 radical (unpaired) electrons. The van der Waals surface area contributed by atoms with E-state index < -0.39 is 24.2 Å². The topological polar surface area (TPSA) is 92.1 Å². The monoisotopic (exact) mass is 455 g/mol. The van der Waals surface area contributed by atoms with Crippen molar-refractivity contribution in [2.75, 3.05) is 20.7 Å². The number of hydrogen-bond acceptors (Lipinski definition) is 4. The van der Waals surface area contributed by atoms with Crippen molar-refractivity contribution in [1.29, 1.82) is 0 Å². The minimum absolute atomic E-state index is 0.0236. The number of amidine groups is 1. The average Bonchev–Trinajstić information content (AvgIpc) is 3.11. The Morgan fingerprint density at radius 2 is 2.03 bits per heavy atom. The number of hydrogen-bond donors (Lipinski definition) is 1. The summed E-state index contributed by atoms with van der Waals surface area (Å²) in [5, 5.41) is 2.61. The molecule has 0 spiro atoms. The van der Waals surface area contributed by atoms with Crippen molar-refractivity contribution >= 4 is 29.0 Å². The molecule has 1 aromatic carbocycles. The quantitative estimate of drug-likeness (QED) is 0.481. The lowest BCUT2D eigenvalue weighted by atomic mass is 10.1. The SMILES string of the molecule is CC(=NC(=O)c1c[nH]n2c(=O)cc(-c3ccc(Cl)c(OCC(F)(F)F)c3)nc12)N(C)C. The van der Waals surface area contributed by atoms with Crippen molar-refractivity contribution in [2.45, 2.75) is 13.1 Å². The third kappa shape index (κ3) is 5.05. The van der Waals surface area contributed by atoms with E-state index in [2.05, 4.69) is 15.1 Å². The number of ether oxygens (including phenoxy) is 1. The van der Waals surface area contributed by atoms with Gasteiger partial charge in [-0.1, -0.05) is 17.7 Å². The first-order chi connectivity index (χ1) is 14.5. The number of rotatable bonds is 4. The van der Waals surface area contributed by atoms with Crippen LogP contribution in [-0.4, -0.2) is 58.1 Å². The van der Waals surface area contributed by atoms with Crippen molar-refractivity contribution < 1.29 is 22.7 Å². The Hall–Kier alpha value is -3.34. The van der Waals surface area contributed by atoms with Gasteiger partial charge in [-0.05, 0) is 19.1 Å². The van der Waals surface area contributed by atoms with E-state index in [-0.39, 0.29) is 33.2 Å². The standard InChI is InChI=1S/C19H17ClF3N5O3/c1-10(27(2)3)25-18(30)12-8-24-28-16(29)7-14(26-17(12)28)11-4-5-13(20)15(6-11)31-9-19(21,22)23/h4-8,24H,9H2,1-3H3. The molecule has 0 aliphatic heterocycles. The molecule has 0 atom stereocenters. The predicted molar refractivity (Wildman–Crippen MR) is 109 cm³/mol. The molecule has 0 saturated heterocycles. The fraction of sp³-hybridized carbons (Fsp3) is 0.263. The van der Waals surface area contributed by atoms with Crippen LogP contribution in [-0.2, 0) is 0 Å². The first-order valence-corrected chi connectivity index (χ1v) is 9.21. The largest absolute Gasteiger partial charge is 0.483 e. The number of aromatic nitrogens is 3. The minimum Gasteiger partial charge on any atom is -0.483 e. The fourth-order valence-electron chi connectivity index (χ4n) is 2.53. The average molecular weight is 456 g/mol. The van der Waals surface area contributed by atoms with E-state index in [1.54, 1.807) is 25.9 Å². The smallest absolute Gasteiger partial charge is 0.422 e. The summed E-state index contributed by atoms with van der Waals surface area (Å²) in [4.78, 5) is 34.9. The zero-order valence-electron chi connectivity index (χ0n) is 16.6. The van der Waals surface area contributed by atoms with Crippen LogP contribution in [0, 0.1) is 0 Å². The second-order valence-electron chi connectivity index (χ2n) is 6.73. The lowest BCUT2D eigenvalue weighted by molar-refractivity contribution is -0.153. The van der Waals surface area contributed by atoms with Gasteiger partial charge in [0.05, 0.1) is 10.7 Å². The summed E-state index contributed by atoms with van der Waals surface area (Å²) in [7, 11) is 3.45. The highest BCUT2D eigenvalue weighted by atomic mass is 35.5. The molecular weight excluding hydrogens is 439 g/mol. The molecule has 3 aromatic rings. The van der Waals surface area contributed by atoms with Crippen LogP contribution in [0.2, 0.25) is 5.02 Å². The maximum atomic E-state index is 12.5. The molecule has 2 heterocycles. The van der Waals surface area contributed by atoms with Crippen LogP contribution < -0.4 is 10.3 Å². The second-order valence-corrected chi connectivity index (χ2v) is 7.14. The van der Waals surface area contributed by atoms with Crippen molar-refractivity contribution in [3.05, 3.63) is 51.4 Å². The summed E-state index contributed by atoms with van der Waals surface area (Å²) in [6, 6.07) is 5.22. The molecule has 0 aliphatic rings. The molecule has 164 valence electrons. The summed E-state index contributed by atoms with van der Waals surface area (Å²) < 4.78 is 43.2. The highest BCUT2D eigenvalue weighted by Crippen LogP contribution is 2.31. The Labute approximate surface area is 178 Å². The molecule has 1 amide bonds. The lowest BCUT2D eigenvalue weighted by Gasteiger charge is -2.12.